The molecule has 1 amide bonds. The maximum Gasteiger partial charge on any atom is 0.255 e. The highest BCUT2D eigenvalue weighted by atomic mass is 79.9. The zero-order valence-corrected chi connectivity index (χ0v) is 10.6. The monoisotopic (exact) mass is 284 g/mol. The predicted molar refractivity (Wildman–Crippen MR) is 63.3 cm³/mol. The normalized spacial score (nSPS) is 20.1. The van der Waals surface area contributed by atoms with Gasteiger partial charge in [0.15, 0.2) is 0 Å². The molecule has 0 bridgehead atoms. The molecule has 5 heteroatoms. The van der Waals surface area contributed by atoms with Crippen LogP contribution in [-0.2, 0) is 4.74 Å². The first-order chi connectivity index (χ1) is 7.72. The lowest BCUT2D eigenvalue weighted by Crippen LogP contribution is -2.30. The van der Waals surface area contributed by atoms with Crippen LogP contribution in [0.5, 0.6) is 0 Å². The standard InChI is InChI=1S/C11H13BrN2O2/c1-16-8-3-5-14(7-8)11(15)9-2-4-13-6-10(9)12/h2,4,6,8H,3,5,7H2,1H3/t8-/m1/s1. The molecule has 2 heterocycles. The average Bonchev–Trinajstić information content (AvgIpc) is 2.77. The molecule has 0 radical (unpaired) electrons. The molecule has 2 rings (SSSR count). The highest BCUT2D eigenvalue weighted by Gasteiger charge is 2.27. The Morgan fingerprint density at radius 2 is 2.50 bits per heavy atom. The molecule has 86 valence electrons. The Kier molecular flexibility index (Phi) is 3.56. The van der Waals surface area contributed by atoms with Crippen molar-refractivity contribution in [3.05, 3.63) is 28.5 Å². The number of halogens is 1. The van der Waals surface area contributed by atoms with Crippen LogP contribution in [0.4, 0.5) is 0 Å². The lowest BCUT2D eigenvalue weighted by molar-refractivity contribution is 0.0723. The van der Waals surface area contributed by atoms with Gasteiger partial charge in [0.2, 0.25) is 0 Å². The Balaban J connectivity index is 2.12. The van der Waals surface area contributed by atoms with E-state index in [4.69, 9.17) is 4.74 Å². The first-order valence-electron chi connectivity index (χ1n) is 5.14. The summed E-state index contributed by atoms with van der Waals surface area (Å²) in [5.41, 5.74) is 0.659. The van der Waals surface area contributed by atoms with Crippen LogP contribution in [0.25, 0.3) is 0 Å². The number of rotatable bonds is 2. The fourth-order valence-corrected chi connectivity index (χ4v) is 2.24. The molecule has 1 fully saturated rings. The van der Waals surface area contributed by atoms with E-state index in [9.17, 15) is 4.79 Å². The zero-order chi connectivity index (χ0) is 11.5. The van der Waals surface area contributed by atoms with Gasteiger partial charge in [-0.05, 0) is 28.4 Å². The molecule has 1 aliphatic rings. The van der Waals surface area contributed by atoms with Crippen LogP contribution in [0, 0.1) is 0 Å². The van der Waals surface area contributed by atoms with Gasteiger partial charge in [0.05, 0.1) is 11.7 Å². The molecule has 4 nitrogen and oxygen atoms in total. The first-order valence-corrected chi connectivity index (χ1v) is 5.93. The van der Waals surface area contributed by atoms with Gasteiger partial charge in [0.1, 0.15) is 0 Å². The van der Waals surface area contributed by atoms with Crippen molar-refractivity contribution in [2.75, 3.05) is 20.2 Å². The highest BCUT2D eigenvalue weighted by Crippen LogP contribution is 2.20. The quantitative estimate of drug-likeness (QED) is 0.830. The van der Waals surface area contributed by atoms with Crippen LogP contribution < -0.4 is 0 Å². The van der Waals surface area contributed by atoms with Crippen LogP contribution in [0.15, 0.2) is 22.9 Å². The maximum absolute atomic E-state index is 12.1. The molecule has 1 aliphatic heterocycles. The summed E-state index contributed by atoms with van der Waals surface area (Å²) in [5, 5.41) is 0. The second kappa shape index (κ2) is 4.93. The number of pyridine rings is 1. The number of carbonyl (C=O) groups excluding carboxylic acids is 1. The molecule has 1 atom stereocenters. The van der Waals surface area contributed by atoms with Crippen molar-refractivity contribution < 1.29 is 9.53 Å². The Morgan fingerprint density at radius 1 is 1.69 bits per heavy atom. The van der Waals surface area contributed by atoms with E-state index in [0.29, 0.717) is 12.1 Å². The third kappa shape index (κ3) is 2.25. The van der Waals surface area contributed by atoms with Gasteiger partial charge in [-0.2, -0.15) is 0 Å². The van der Waals surface area contributed by atoms with Crippen LogP contribution in [-0.4, -0.2) is 42.1 Å². The number of methoxy groups -OCH3 is 1. The summed E-state index contributed by atoms with van der Waals surface area (Å²) in [6.45, 7) is 1.43. The van der Waals surface area contributed by atoms with E-state index >= 15 is 0 Å². The van der Waals surface area contributed by atoms with Crippen molar-refractivity contribution in [3.8, 4) is 0 Å². The molecule has 0 aliphatic carbocycles. The zero-order valence-electron chi connectivity index (χ0n) is 9.02. The number of amides is 1. The summed E-state index contributed by atoms with van der Waals surface area (Å²) in [7, 11) is 1.68. The van der Waals surface area contributed by atoms with Crippen LogP contribution in [0.1, 0.15) is 16.8 Å². The number of nitrogens with zero attached hydrogens (tertiary/aromatic N) is 2. The van der Waals surface area contributed by atoms with Crippen molar-refractivity contribution in [2.45, 2.75) is 12.5 Å². The maximum atomic E-state index is 12.1. The number of ether oxygens (including phenoxy) is 1. The Labute approximate surface area is 103 Å². The van der Waals surface area contributed by atoms with Crippen molar-refractivity contribution in [1.82, 2.24) is 9.88 Å². The molecular weight excluding hydrogens is 272 g/mol. The van der Waals surface area contributed by atoms with Crippen molar-refractivity contribution >= 4 is 21.8 Å². The Bertz CT molecular complexity index is 397. The van der Waals surface area contributed by atoms with Gasteiger partial charge in [-0.15, -0.1) is 0 Å². The SMILES string of the molecule is CO[C@@H]1CCN(C(=O)c2ccncc2Br)C1. The fraction of sp³-hybridized carbons (Fsp3) is 0.455. The molecule has 1 aromatic heterocycles. The molecule has 0 unspecified atom stereocenters. The van der Waals surface area contributed by atoms with E-state index in [1.54, 1.807) is 25.6 Å². The first kappa shape index (κ1) is 11.5. The van der Waals surface area contributed by atoms with Gasteiger partial charge in [-0.25, -0.2) is 0 Å². The second-order valence-corrected chi connectivity index (χ2v) is 4.61. The number of likely N-dealkylation sites (tertiary alicyclic amines) is 1. The smallest absolute Gasteiger partial charge is 0.255 e. The van der Waals surface area contributed by atoms with E-state index in [2.05, 4.69) is 20.9 Å². The lowest BCUT2D eigenvalue weighted by atomic mass is 10.2. The van der Waals surface area contributed by atoms with Gasteiger partial charge < -0.3 is 9.64 Å². The van der Waals surface area contributed by atoms with Crippen LogP contribution >= 0.6 is 15.9 Å². The fourth-order valence-electron chi connectivity index (χ4n) is 1.82. The second-order valence-electron chi connectivity index (χ2n) is 3.75. The van der Waals surface area contributed by atoms with Gasteiger partial charge in [0.25, 0.3) is 5.91 Å². The molecule has 16 heavy (non-hydrogen) atoms. The third-order valence-electron chi connectivity index (χ3n) is 2.77. The van der Waals surface area contributed by atoms with Crippen molar-refractivity contribution in [2.24, 2.45) is 0 Å². The molecule has 0 aromatic carbocycles. The van der Waals surface area contributed by atoms with Gasteiger partial charge in [0, 0.05) is 37.1 Å². The minimum absolute atomic E-state index is 0.0359. The summed E-state index contributed by atoms with van der Waals surface area (Å²) in [5.74, 6) is 0.0359. The topological polar surface area (TPSA) is 42.4 Å². The van der Waals surface area contributed by atoms with Crippen molar-refractivity contribution in [1.29, 1.82) is 0 Å². The molecule has 0 N–H and O–H groups in total. The van der Waals surface area contributed by atoms with E-state index in [-0.39, 0.29) is 12.0 Å². The Hall–Kier alpha value is -0.940. The molecule has 0 spiro atoms. The third-order valence-corrected chi connectivity index (χ3v) is 3.40. The Morgan fingerprint density at radius 3 is 3.12 bits per heavy atom. The summed E-state index contributed by atoms with van der Waals surface area (Å²) in [6.07, 6.45) is 4.34. The molecule has 1 saturated heterocycles. The minimum atomic E-state index is 0.0359. The highest BCUT2D eigenvalue weighted by molar-refractivity contribution is 9.10. The lowest BCUT2D eigenvalue weighted by Gasteiger charge is -2.16. The molecular formula is C11H13BrN2O2. The molecule has 0 saturated carbocycles. The van der Waals surface area contributed by atoms with E-state index < -0.39 is 0 Å². The predicted octanol–water partition coefficient (Wildman–Crippen LogP) is 1.71. The minimum Gasteiger partial charge on any atom is -0.380 e. The van der Waals surface area contributed by atoms with Gasteiger partial charge >= 0.3 is 0 Å². The van der Waals surface area contributed by atoms with Crippen LogP contribution in [0.3, 0.4) is 0 Å². The van der Waals surface area contributed by atoms with Crippen molar-refractivity contribution in [3.63, 3.8) is 0 Å². The molecule has 1 aromatic rings. The summed E-state index contributed by atoms with van der Waals surface area (Å²) in [6, 6.07) is 1.73. The number of hydrogen-bond donors (Lipinski definition) is 0. The van der Waals surface area contributed by atoms with Gasteiger partial charge in [-0.3, -0.25) is 9.78 Å². The van der Waals surface area contributed by atoms with E-state index in [0.717, 1.165) is 17.4 Å². The van der Waals surface area contributed by atoms with E-state index in [1.807, 2.05) is 4.90 Å². The average molecular weight is 285 g/mol. The summed E-state index contributed by atoms with van der Waals surface area (Å²) in [4.78, 5) is 17.9. The summed E-state index contributed by atoms with van der Waals surface area (Å²) < 4.78 is 5.98. The largest absolute Gasteiger partial charge is 0.380 e. The number of hydrogen-bond acceptors (Lipinski definition) is 3. The number of aromatic nitrogens is 1. The van der Waals surface area contributed by atoms with Crippen LogP contribution in [0.2, 0.25) is 0 Å². The number of carbonyl (C=O) groups is 1. The van der Waals surface area contributed by atoms with Gasteiger partial charge in [-0.1, -0.05) is 0 Å². The summed E-state index contributed by atoms with van der Waals surface area (Å²) >= 11 is 3.33. The van der Waals surface area contributed by atoms with E-state index in [1.165, 1.54) is 0 Å².